The van der Waals surface area contributed by atoms with E-state index in [0.29, 0.717) is 5.92 Å². The number of hydrogen-bond donors (Lipinski definition) is 1. The van der Waals surface area contributed by atoms with Gasteiger partial charge in [0.1, 0.15) is 5.82 Å². The number of piperidine rings is 1. The molecule has 88 valence electrons. The molecule has 0 saturated carbocycles. The maximum atomic E-state index is 13.8. The molecule has 1 aromatic carbocycles. The lowest BCUT2D eigenvalue weighted by Crippen LogP contribution is -2.27. The highest BCUT2D eigenvalue weighted by Crippen LogP contribution is 2.33. The number of nitrogens with zero attached hydrogens (tertiary/aromatic N) is 1. The van der Waals surface area contributed by atoms with Crippen molar-refractivity contribution in [2.45, 2.75) is 18.8 Å². The Bertz CT molecular complexity index is 357. The van der Waals surface area contributed by atoms with Crippen molar-refractivity contribution in [1.29, 1.82) is 0 Å². The van der Waals surface area contributed by atoms with Crippen molar-refractivity contribution in [2.24, 2.45) is 0 Å². The van der Waals surface area contributed by atoms with Crippen LogP contribution in [0.15, 0.2) is 18.2 Å². The summed E-state index contributed by atoms with van der Waals surface area (Å²) in [7, 11) is 3.81. The van der Waals surface area contributed by atoms with Crippen LogP contribution in [0.1, 0.15) is 24.3 Å². The Morgan fingerprint density at radius 3 is 2.56 bits per heavy atom. The van der Waals surface area contributed by atoms with Crippen molar-refractivity contribution < 1.29 is 4.39 Å². The Kier molecular flexibility index (Phi) is 3.44. The Morgan fingerprint density at radius 1 is 1.25 bits per heavy atom. The molecule has 0 bridgehead atoms. The largest absolute Gasteiger partial charge is 0.375 e. The molecular weight excluding hydrogens is 203 g/mol. The van der Waals surface area contributed by atoms with Gasteiger partial charge in [-0.3, -0.25) is 0 Å². The van der Waals surface area contributed by atoms with Crippen LogP contribution in [0.2, 0.25) is 0 Å². The monoisotopic (exact) mass is 222 g/mol. The van der Waals surface area contributed by atoms with Crippen LogP contribution in [-0.4, -0.2) is 27.2 Å². The number of nitrogens with one attached hydrogen (secondary N) is 1. The average molecular weight is 222 g/mol. The van der Waals surface area contributed by atoms with Gasteiger partial charge in [-0.1, -0.05) is 12.1 Å². The van der Waals surface area contributed by atoms with Crippen LogP contribution < -0.4 is 10.2 Å². The molecule has 0 atom stereocenters. The first-order chi connectivity index (χ1) is 7.70. The number of anilines is 1. The van der Waals surface area contributed by atoms with E-state index in [9.17, 15) is 4.39 Å². The Labute approximate surface area is 96.5 Å². The Balaban J connectivity index is 2.34. The third-order valence-electron chi connectivity index (χ3n) is 3.24. The number of halogens is 1. The summed E-state index contributed by atoms with van der Waals surface area (Å²) in [6.45, 7) is 2.07. The summed E-state index contributed by atoms with van der Waals surface area (Å²) in [5.41, 5.74) is 1.92. The molecule has 1 aliphatic heterocycles. The lowest BCUT2D eigenvalue weighted by Gasteiger charge is -2.27. The van der Waals surface area contributed by atoms with Gasteiger partial charge < -0.3 is 10.2 Å². The summed E-state index contributed by atoms with van der Waals surface area (Å²) >= 11 is 0. The first kappa shape index (κ1) is 11.4. The van der Waals surface area contributed by atoms with E-state index >= 15 is 0 Å². The van der Waals surface area contributed by atoms with Crippen LogP contribution in [0.5, 0.6) is 0 Å². The molecule has 0 radical (unpaired) electrons. The smallest absolute Gasteiger partial charge is 0.146 e. The molecule has 16 heavy (non-hydrogen) atoms. The third-order valence-corrected chi connectivity index (χ3v) is 3.24. The summed E-state index contributed by atoms with van der Waals surface area (Å²) in [6, 6.07) is 5.42. The van der Waals surface area contributed by atoms with Crippen molar-refractivity contribution in [3.63, 3.8) is 0 Å². The van der Waals surface area contributed by atoms with E-state index < -0.39 is 0 Å². The lowest BCUT2D eigenvalue weighted by atomic mass is 9.88. The maximum Gasteiger partial charge on any atom is 0.146 e. The molecule has 1 heterocycles. The molecule has 1 aromatic rings. The molecule has 0 aliphatic carbocycles. The number of benzene rings is 1. The van der Waals surface area contributed by atoms with Gasteiger partial charge in [0.2, 0.25) is 0 Å². The number of hydrogen-bond acceptors (Lipinski definition) is 2. The molecule has 0 unspecified atom stereocenters. The van der Waals surface area contributed by atoms with E-state index in [1.54, 1.807) is 6.07 Å². The minimum Gasteiger partial charge on any atom is -0.375 e. The highest BCUT2D eigenvalue weighted by molar-refractivity contribution is 5.55. The molecule has 3 heteroatoms. The fraction of sp³-hybridized carbons (Fsp3) is 0.538. The van der Waals surface area contributed by atoms with Gasteiger partial charge in [0.15, 0.2) is 0 Å². The Morgan fingerprint density at radius 2 is 1.94 bits per heavy atom. The van der Waals surface area contributed by atoms with Crippen molar-refractivity contribution in [3.05, 3.63) is 29.6 Å². The topological polar surface area (TPSA) is 15.3 Å². The van der Waals surface area contributed by atoms with E-state index in [1.165, 1.54) is 0 Å². The van der Waals surface area contributed by atoms with Gasteiger partial charge in [-0.15, -0.1) is 0 Å². The third kappa shape index (κ3) is 2.19. The molecule has 1 N–H and O–H groups in total. The highest BCUT2D eigenvalue weighted by atomic mass is 19.1. The van der Waals surface area contributed by atoms with E-state index in [-0.39, 0.29) is 5.82 Å². The normalized spacial score (nSPS) is 17.4. The second kappa shape index (κ2) is 4.83. The average Bonchev–Trinajstić information content (AvgIpc) is 2.29. The quantitative estimate of drug-likeness (QED) is 0.826. The summed E-state index contributed by atoms with van der Waals surface area (Å²) < 4.78 is 13.8. The molecule has 1 aliphatic rings. The van der Waals surface area contributed by atoms with E-state index in [2.05, 4.69) is 11.4 Å². The SMILES string of the molecule is CN(C)c1c(F)cccc1C1CCNCC1. The first-order valence-electron chi connectivity index (χ1n) is 5.86. The van der Waals surface area contributed by atoms with Crippen molar-refractivity contribution in [1.82, 2.24) is 5.32 Å². The Hall–Kier alpha value is -1.09. The fourth-order valence-electron chi connectivity index (χ4n) is 2.47. The number of rotatable bonds is 2. The fourth-order valence-corrected chi connectivity index (χ4v) is 2.47. The molecule has 1 fully saturated rings. The maximum absolute atomic E-state index is 13.8. The van der Waals surface area contributed by atoms with Crippen LogP contribution in [0, 0.1) is 5.82 Å². The van der Waals surface area contributed by atoms with E-state index in [0.717, 1.165) is 37.2 Å². The second-order valence-electron chi connectivity index (χ2n) is 4.60. The zero-order chi connectivity index (χ0) is 11.5. The van der Waals surface area contributed by atoms with E-state index in [4.69, 9.17) is 0 Å². The van der Waals surface area contributed by atoms with Gasteiger partial charge >= 0.3 is 0 Å². The zero-order valence-electron chi connectivity index (χ0n) is 9.96. The van der Waals surface area contributed by atoms with Crippen LogP contribution in [-0.2, 0) is 0 Å². The second-order valence-corrected chi connectivity index (χ2v) is 4.60. The summed E-state index contributed by atoms with van der Waals surface area (Å²) in [5.74, 6) is 0.385. The van der Waals surface area contributed by atoms with Crippen molar-refractivity contribution >= 4 is 5.69 Å². The van der Waals surface area contributed by atoms with Crippen LogP contribution in [0.4, 0.5) is 10.1 Å². The first-order valence-corrected chi connectivity index (χ1v) is 5.86. The summed E-state index contributed by atoms with van der Waals surface area (Å²) in [5, 5.41) is 3.34. The van der Waals surface area contributed by atoms with Crippen molar-refractivity contribution in [3.8, 4) is 0 Å². The highest BCUT2D eigenvalue weighted by Gasteiger charge is 2.20. The standard InChI is InChI=1S/C13H19FN2/c1-16(2)13-11(4-3-5-12(13)14)10-6-8-15-9-7-10/h3-5,10,15H,6-9H2,1-2H3. The van der Waals surface area contributed by atoms with E-state index in [1.807, 2.05) is 25.1 Å². The van der Waals surface area contributed by atoms with Crippen molar-refractivity contribution in [2.75, 3.05) is 32.1 Å². The van der Waals surface area contributed by atoms with Gasteiger partial charge in [-0.25, -0.2) is 4.39 Å². The van der Waals surface area contributed by atoms with Gasteiger partial charge in [0.25, 0.3) is 0 Å². The minimum absolute atomic E-state index is 0.110. The van der Waals surface area contributed by atoms with Gasteiger partial charge in [-0.2, -0.15) is 0 Å². The van der Waals surface area contributed by atoms with Crippen LogP contribution in [0.3, 0.4) is 0 Å². The molecular formula is C13H19FN2. The molecule has 2 rings (SSSR count). The van der Waals surface area contributed by atoms with Crippen LogP contribution >= 0.6 is 0 Å². The van der Waals surface area contributed by atoms with Crippen LogP contribution in [0.25, 0.3) is 0 Å². The number of para-hydroxylation sites is 1. The predicted octanol–water partition coefficient (Wildman–Crippen LogP) is 2.36. The summed E-state index contributed by atoms with van der Waals surface area (Å²) in [4.78, 5) is 1.88. The van der Waals surface area contributed by atoms with Gasteiger partial charge in [0, 0.05) is 14.1 Å². The predicted molar refractivity (Wildman–Crippen MR) is 65.6 cm³/mol. The molecule has 0 aromatic heterocycles. The zero-order valence-corrected chi connectivity index (χ0v) is 9.96. The van der Waals surface area contributed by atoms with Gasteiger partial charge in [-0.05, 0) is 43.5 Å². The molecule has 0 amide bonds. The summed E-state index contributed by atoms with van der Waals surface area (Å²) in [6.07, 6.45) is 2.20. The minimum atomic E-state index is -0.110. The molecule has 2 nitrogen and oxygen atoms in total. The lowest BCUT2D eigenvalue weighted by molar-refractivity contribution is 0.459. The van der Waals surface area contributed by atoms with Gasteiger partial charge in [0.05, 0.1) is 5.69 Å². The molecule has 0 spiro atoms. The molecule has 1 saturated heterocycles.